The van der Waals surface area contributed by atoms with Crippen LogP contribution in [-0.4, -0.2) is 9.13 Å². The Morgan fingerprint density at radius 3 is 1.12 bits per heavy atom. The largest absolute Gasteiger partial charge is 0.309 e. The number of hydrogen-bond donors (Lipinski definition) is 0. The summed E-state index contributed by atoms with van der Waals surface area (Å²) in [6.45, 7) is 58.9. The predicted octanol–water partition coefficient (Wildman–Crippen LogP) is 21.1. The number of hydrogen-bond acceptors (Lipinski definition) is 7. The molecular weight excluding hydrogens is 1200 g/mol. The molecule has 16 nitrogen and oxygen atoms in total. The van der Waals surface area contributed by atoms with Gasteiger partial charge in [-0.1, -0.05) is 54.6 Å². The van der Waals surface area contributed by atoms with E-state index in [1.54, 1.807) is 48.5 Å². The van der Waals surface area contributed by atoms with E-state index in [1.165, 1.54) is 48.5 Å². The summed E-state index contributed by atoms with van der Waals surface area (Å²) in [7, 11) is 0. The zero-order valence-corrected chi connectivity index (χ0v) is 50.4. The van der Waals surface area contributed by atoms with E-state index >= 15 is 0 Å². The van der Waals surface area contributed by atoms with E-state index in [0.29, 0.717) is 116 Å². The van der Waals surface area contributed by atoms with Crippen LogP contribution in [0.3, 0.4) is 0 Å². The van der Waals surface area contributed by atoms with E-state index in [9.17, 15) is 36.8 Å². The van der Waals surface area contributed by atoms with E-state index in [4.69, 9.17) is 46.0 Å². The van der Waals surface area contributed by atoms with Crippen molar-refractivity contribution in [1.82, 2.24) is 9.13 Å². The molecule has 2 heterocycles. The highest BCUT2D eigenvalue weighted by atomic mass is 15.0. The Balaban J connectivity index is 1.16. The molecule has 0 fully saturated rings. The molecule has 0 unspecified atom stereocenters. The van der Waals surface area contributed by atoms with Gasteiger partial charge in [0.05, 0.1) is 144 Å². The van der Waals surface area contributed by atoms with E-state index in [-0.39, 0.29) is 73.2 Å². The van der Waals surface area contributed by atoms with Crippen LogP contribution in [-0.2, 0) is 0 Å². The maximum atomic E-state index is 10.6. The Labute approximate surface area is 554 Å². The van der Waals surface area contributed by atoms with Gasteiger partial charge < -0.3 is 9.13 Å². The molecule has 0 bridgehead atoms. The summed E-state index contributed by atoms with van der Waals surface area (Å²) in [6.07, 6.45) is 0. The number of rotatable bonds is 8. The second-order valence-corrected chi connectivity index (χ2v) is 22.2. The molecule has 16 heteroatoms. The fourth-order valence-corrected chi connectivity index (χ4v) is 13.0. The van der Waals surface area contributed by atoms with Gasteiger partial charge >= 0.3 is 0 Å². The maximum Gasteiger partial charge on any atom is 0.197 e. The predicted molar refractivity (Wildman–Crippen MR) is 369 cm³/mol. The number of benzene rings is 11. The van der Waals surface area contributed by atoms with E-state index < -0.39 is 0 Å². The SMILES string of the molecule is [C-]#[N+]c1cc(C#N)c(-c2ccc3c(c2)c2cc(-c4c(C#N)cc([N+]#[C-])cc4[N+]#[C-])ccc2n3-c2cc(-c3ccc(C#N)cc3C)ccc2-c2cc([N+]#[C-])ccc2-n2c3ccc(-c4c(C#N)cc(C#N)cc4[N+]#[C-])cc3c3cc(-c4c([N+]#[C-])cc(C#N)cc4[N+]#[C-])ccc32)c(C#N)c1. The average molecular weight is 1230 g/mol. The molecule has 11 aromatic carbocycles. The number of fused-ring (bicyclic) bond motifs is 6. The Morgan fingerprint density at radius 1 is 0.278 bits per heavy atom. The molecule has 0 N–H and O–H groups in total. The van der Waals surface area contributed by atoms with Crippen molar-refractivity contribution in [2.24, 2.45) is 0 Å². The lowest BCUT2D eigenvalue weighted by Gasteiger charge is -2.21. The summed E-state index contributed by atoms with van der Waals surface area (Å²) < 4.78 is 4.08. The van der Waals surface area contributed by atoms with Gasteiger partial charge in [-0.25, -0.2) is 33.9 Å². The van der Waals surface area contributed by atoms with Gasteiger partial charge in [0, 0.05) is 60.5 Å². The van der Waals surface area contributed by atoms with Crippen LogP contribution < -0.4 is 0 Å². The highest BCUT2D eigenvalue weighted by molar-refractivity contribution is 6.15. The molecule has 0 aliphatic rings. The summed E-state index contributed by atoms with van der Waals surface area (Å²) in [4.78, 5) is 26.1. The van der Waals surface area contributed by atoms with Gasteiger partial charge in [0.1, 0.15) is 0 Å². The van der Waals surface area contributed by atoms with Crippen LogP contribution in [0.2, 0.25) is 0 Å². The first-order chi connectivity index (χ1) is 47.3. The number of nitrogens with zero attached hydrogens (tertiary/aromatic N) is 16. The normalized spacial score (nSPS) is 10.4. The van der Waals surface area contributed by atoms with Gasteiger partial charge in [0.25, 0.3) is 0 Å². The fraction of sp³-hybridized carbons (Fsp3) is 0.0123. The molecule has 0 atom stereocenters. The van der Waals surface area contributed by atoms with Gasteiger partial charge in [-0.15, -0.1) is 0 Å². The van der Waals surface area contributed by atoms with Crippen LogP contribution in [0.4, 0.5) is 39.8 Å². The lowest BCUT2D eigenvalue weighted by Crippen LogP contribution is -2.02. The summed E-state index contributed by atoms with van der Waals surface area (Å²) >= 11 is 0. The second-order valence-electron chi connectivity index (χ2n) is 22.2. The molecule has 0 spiro atoms. The van der Waals surface area contributed by atoms with Crippen LogP contribution in [0.15, 0.2) is 176 Å². The molecule has 13 aromatic rings. The van der Waals surface area contributed by atoms with Gasteiger partial charge in [-0.2, -0.15) is 36.8 Å². The van der Waals surface area contributed by atoms with Gasteiger partial charge in [-0.3, -0.25) is 0 Å². The van der Waals surface area contributed by atoms with E-state index in [1.807, 2.05) is 90.4 Å². The molecule has 436 valence electrons. The summed E-state index contributed by atoms with van der Waals surface area (Å²) in [5.41, 5.74) is 12.1. The topological polar surface area (TPSA) is 207 Å². The fourth-order valence-electron chi connectivity index (χ4n) is 13.0. The van der Waals surface area contributed by atoms with Crippen LogP contribution in [0, 0.1) is 132 Å². The van der Waals surface area contributed by atoms with E-state index in [2.05, 4.69) is 81.0 Å². The highest BCUT2D eigenvalue weighted by Gasteiger charge is 2.27. The molecule has 13 rings (SSSR count). The van der Waals surface area contributed by atoms with E-state index in [0.717, 1.165) is 16.7 Å². The van der Waals surface area contributed by atoms with Crippen LogP contribution in [0.25, 0.3) is 156 Å². The third-order valence-electron chi connectivity index (χ3n) is 17.2. The van der Waals surface area contributed by atoms with Gasteiger partial charge in [0.15, 0.2) is 39.8 Å². The van der Waals surface area contributed by atoms with Crippen molar-refractivity contribution in [2.75, 3.05) is 0 Å². The van der Waals surface area contributed by atoms with Crippen molar-refractivity contribution in [2.45, 2.75) is 6.92 Å². The lowest BCUT2D eigenvalue weighted by atomic mass is 9.93. The Kier molecular flexibility index (Phi) is 14.8. The van der Waals surface area contributed by atoms with Gasteiger partial charge in [-0.05, 0) is 178 Å². The van der Waals surface area contributed by atoms with Crippen molar-refractivity contribution >= 4 is 83.4 Å². The first-order valence-corrected chi connectivity index (χ1v) is 29.1. The number of aromatic nitrogens is 2. The average Bonchev–Trinajstić information content (AvgIpc) is 1.59. The van der Waals surface area contributed by atoms with Crippen molar-refractivity contribution in [3.8, 4) is 121 Å². The zero-order chi connectivity index (χ0) is 67.9. The molecule has 0 aliphatic carbocycles. The summed E-state index contributed by atoms with van der Waals surface area (Å²) in [5.74, 6) is 0. The Morgan fingerprint density at radius 2 is 0.670 bits per heavy atom. The standard InChI is InChI=1S/C81H32N16/c1-45-23-46(38-82)9-16-61(45)49-10-17-62(77(35-49)97-74-18-11-50(78-55(42-86)28-59(90-3)29-56(78)43-87)31-63(74)65-33-52(13-20-75(65)97)80-57(44-88)30-60(91-4)37-71(80)95-8)67-36-58(89-2)15-22-76(67)96-72-19-12-51(79-54(41-85)24-47(39-83)25-68(79)92-5)32-64(72)66-34-53(14-21-73(66)96)81-69(93-6)26-48(40-84)27-70(81)94-7/h9-37H,1H3. The minimum Gasteiger partial charge on any atom is -0.309 e. The first-order valence-electron chi connectivity index (χ1n) is 29.1. The molecule has 0 aliphatic heterocycles. The van der Waals surface area contributed by atoms with Crippen LogP contribution >= 0.6 is 0 Å². The Bertz CT molecular complexity index is 6020. The molecule has 0 saturated carbocycles. The Hall–Kier alpha value is -16.1. The van der Waals surface area contributed by atoms with Crippen molar-refractivity contribution in [3.63, 3.8) is 0 Å². The quantitative estimate of drug-likeness (QED) is 0.134. The minimum atomic E-state index is 0.0754. The molecule has 0 amide bonds. The molecule has 2 aromatic heterocycles. The maximum absolute atomic E-state index is 10.6. The second kappa shape index (κ2) is 24.0. The van der Waals surface area contributed by atoms with Crippen LogP contribution in [0.1, 0.15) is 44.5 Å². The zero-order valence-electron chi connectivity index (χ0n) is 50.4. The molecule has 0 saturated heterocycles. The van der Waals surface area contributed by atoms with Crippen molar-refractivity contribution in [1.29, 1.82) is 36.8 Å². The summed E-state index contributed by atoms with van der Waals surface area (Å²) in [6, 6.07) is 65.3. The smallest absolute Gasteiger partial charge is 0.197 e. The number of nitriles is 7. The highest BCUT2D eigenvalue weighted by Crippen LogP contribution is 2.49. The van der Waals surface area contributed by atoms with Crippen LogP contribution in [0.5, 0.6) is 0 Å². The van der Waals surface area contributed by atoms with Gasteiger partial charge in [0.2, 0.25) is 0 Å². The first kappa shape index (κ1) is 59.8. The summed E-state index contributed by atoms with van der Waals surface area (Å²) in [5, 5.41) is 74.7. The molecular formula is C81H32N16. The van der Waals surface area contributed by atoms with Crippen molar-refractivity contribution < 1.29 is 0 Å². The molecule has 97 heavy (non-hydrogen) atoms. The molecule has 0 radical (unpaired) electrons. The third-order valence-corrected chi connectivity index (χ3v) is 17.2. The monoisotopic (exact) mass is 1230 g/mol. The number of aryl methyl sites for hydroxylation is 1. The van der Waals surface area contributed by atoms with Crippen molar-refractivity contribution in [3.05, 3.63) is 300 Å². The lowest BCUT2D eigenvalue weighted by molar-refractivity contribution is 1.16. The third kappa shape index (κ3) is 9.75. The minimum absolute atomic E-state index is 0.0754.